The number of methoxy groups -OCH3 is 1. The third-order valence-electron chi connectivity index (χ3n) is 5.86. The Bertz CT molecular complexity index is 701. The highest BCUT2D eigenvalue weighted by Gasteiger charge is 2.21. The Kier molecular flexibility index (Phi) is 8.66. The minimum absolute atomic E-state index is 0.316. The number of carbonyl (C=O) groups excluding carboxylic acids is 1. The topological polar surface area (TPSA) is 60.4 Å². The molecule has 30 heavy (non-hydrogen) atoms. The molecule has 166 valence electrons. The first-order chi connectivity index (χ1) is 14.7. The van der Waals surface area contributed by atoms with Gasteiger partial charge in [-0.15, -0.1) is 0 Å². The number of piperazine rings is 1. The monoisotopic (exact) mass is 415 g/mol. The molecule has 7 nitrogen and oxygen atoms in total. The summed E-state index contributed by atoms with van der Waals surface area (Å²) in [5.74, 6) is 2.23. The van der Waals surface area contributed by atoms with Gasteiger partial charge in [-0.2, -0.15) is 0 Å². The Labute approximate surface area is 181 Å². The fraction of sp³-hybridized carbons (Fsp3) is 0.652. The van der Waals surface area contributed by atoms with E-state index in [1.807, 2.05) is 17.0 Å². The van der Waals surface area contributed by atoms with Crippen LogP contribution in [0, 0.1) is 0 Å². The van der Waals surface area contributed by atoms with Crippen LogP contribution in [0.5, 0.6) is 5.75 Å². The van der Waals surface area contributed by atoms with Crippen molar-refractivity contribution in [3.63, 3.8) is 0 Å². The summed E-state index contributed by atoms with van der Waals surface area (Å²) in [6.07, 6.45) is 4.98. The minimum atomic E-state index is 0.316. The number of likely N-dealkylation sites (tertiary alicyclic amines) is 1. The maximum atomic E-state index is 12.1. The number of benzene rings is 1. The predicted octanol–water partition coefficient (Wildman–Crippen LogP) is 2.58. The van der Waals surface area contributed by atoms with Crippen molar-refractivity contribution in [2.24, 2.45) is 4.99 Å². The van der Waals surface area contributed by atoms with Crippen molar-refractivity contribution in [3.8, 4) is 5.75 Å². The summed E-state index contributed by atoms with van der Waals surface area (Å²) >= 11 is 0. The molecular weight excluding hydrogens is 378 g/mol. The molecule has 0 spiro atoms. The molecule has 2 aliphatic rings. The maximum Gasteiger partial charge on any atom is 0.222 e. The van der Waals surface area contributed by atoms with Crippen LogP contribution in [-0.4, -0.2) is 81.1 Å². The van der Waals surface area contributed by atoms with Gasteiger partial charge in [0.15, 0.2) is 5.96 Å². The average Bonchev–Trinajstić information content (AvgIpc) is 3.00. The number of guanidine groups is 1. The van der Waals surface area contributed by atoms with Crippen molar-refractivity contribution in [1.29, 1.82) is 0 Å². The van der Waals surface area contributed by atoms with Crippen LogP contribution in [0.2, 0.25) is 0 Å². The summed E-state index contributed by atoms with van der Waals surface area (Å²) in [5.41, 5.74) is 1.16. The Morgan fingerprint density at radius 3 is 2.67 bits per heavy atom. The Hall–Kier alpha value is -2.44. The number of ether oxygens (including phenoxy) is 1. The Balaban J connectivity index is 1.50. The van der Waals surface area contributed by atoms with Crippen LogP contribution in [0.25, 0.3) is 0 Å². The Morgan fingerprint density at radius 1 is 1.10 bits per heavy atom. The molecule has 0 aromatic heterocycles. The lowest BCUT2D eigenvalue weighted by atomic mass is 10.2. The first kappa shape index (κ1) is 22.2. The molecule has 2 saturated heterocycles. The SMILES string of the molecule is CCNC(=NCCCN1CCCCCC1=O)N1CCN(c2ccccc2OC)CC1. The number of rotatable bonds is 7. The van der Waals surface area contributed by atoms with Crippen molar-refractivity contribution in [2.75, 3.05) is 64.4 Å². The van der Waals surface area contributed by atoms with Crippen molar-refractivity contribution in [2.45, 2.75) is 39.0 Å². The zero-order valence-corrected chi connectivity index (χ0v) is 18.6. The molecular formula is C23H37N5O2. The molecule has 7 heteroatoms. The minimum Gasteiger partial charge on any atom is -0.495 e. The van der Waals surface area contributed by atoms with Gasteiger partial charge in [-0.1, -0.05) is 18.6 Å². The van der Waals surface area contributed by atoms with E-state index in [2.05, 4.69) is 34.2 Å². The fourth-order valence-electron chi connectivity index (χ4n) is 4.20. The molecule has 0 radical (unpaired) electrons. The number of nitrogens with zero attached hydrogens (tertiary/aromatic N) is 4. The first-order valence-corrected chi connectivity index (χ1v) is 11.4. The van der Waals surface area contributed by atoms with Gasteiger partial charge in [0.1, 0.15) is 5.75 Å². The van der Waals surface area contributed by atoms with Crippen molar-refractivity contribution in [1.82, 2.24) is 15.1 Å². The highest BCUT2D eigenvalue weighted by Crippen LogP contribution is 2.28. The second-order valence-corrected chi connectivity index (χ2v) is 7.93. The number of para-hydroxylation sites is 2. The van der Waals surface area contributed by atoms with Crippen LogP contribution in [0.3, 0.4) is 0 Å². The van der Waals surface area contributed by atoms with Crippen LogP contribution >= 0.6 is 0 Å². The second-order valence-electron chi connectivity index (χ2n) is 7.93. The van der Waals surface area contributed by atoms with Gasteiger partial charge < -0.3 is 24.8 Å². The van der Waals surface area contributed by atoms with E-state index in [9.17, 15) is 4.79 Å². The molecule has 1 aromatic rings. The third-order valence-corrected chi connectivity index (χ3v) is 5.86. The van der Waals surface area contributed by atoms with Gasteiger partial charge >= 0.3 is 0 Å². The second kappa shape index (κ2) is 11.7. The molecule has 1 aromatic carbocycles. The molecule has 0 saturated carbocycles. The highest BCUT2D eigenvalue weighted by molar-refractivity contribution is 5.80. The smallest absolute Gasteiger partial charge is 0.222 e. The molecule has 2 heterocycles. The number of nitrogens with one attached hydrogen (secondary N) is 1. The van der Waals surface area contributed by atoms with E-state index in [1.54, 1.807) is 7.11 Å². The molecule has 3 rings (SSSR count). The highest BCUT2D eigenvalue weighted by atomic mass is 16.5. The molecule has 0 unspecified atom stereocenters. The fourth-order valence-corrected chi connectivity index (χ4v) is 4.20. The molecule has 2 fully saturated rings. The number of amides is 1. The predicted molar refractivity (Wildman–Crippen MR) is 122 cm³/mol. The average molecular weight is 416 g/mol. The van der Waals surface area contributed by atoms with Gasteiger partial charge in [0.25, 0.3) is 0 Å². The van der Waals surface area contributed by atoms with Crippen LogP contribution in [-0.2, 0) is 4.79 Å². The standard InChI is InChI=1S/C23H37N5O2/c1-3-24-23(25-13-9-15-27-14-8-4-5-12-22(27)29)28-18-16-26(17-19-28)20-10-6-7-11-21(20)30-2/h6-7,10-11H,3-5,8-9,12-19H2,1-2H3,(H,24,25). The number of hydrogen-bond acceptors (Lipinski definition) is 4. The van der Waals surface area contributed by atoms with Gasteiger partial charge in [-0.05, 0) is 38.3 Å². The number of hydrogen-bond donors (Lipinski definition) is 1. The normalized spacial score (nSPS) is 18.4. The summed E-state index contributed by atoms with van der Waals surface area (Å²) in [6.45, 7) is 9.17. The van der Waals surface area contributed by atoms with E-state index in [4.69, 9.17) is 9.73 Å². The molecule has 1 amide bonds. The van der Waals surface area contributed by atoms with E-state index in [0.29, 0.717) is 12.3 Å². The first-order valence-electron chi connectivity index (χ1n) is 11.4. The van der Waals surface area contributed by atoms with E-state index in [0.717, 1.165) is 89.0 Å². The largest absolute Gasteiger partial charge is 0.495 e. The summed E-state index contributed by atoms with van der Waals surface area (Å²) in [4.78, 5) is 23.7. The lowest BCUT2D eigenvalue weighted by Gasteiger charge is -2.38. The van der Waals surface area contributed by atoms with Gasteiger partial charge in [0.05, 0.1) is 12.8 Å². The Morgan fingerprint density at radius 2 is 1.90 bits per heavy atom. The van der Waals surface area contributed by atoms with Gasteiger partial charge in [-0.3, -0.25) is 9.79 Å². The van der Waals surface area contributed by atoms with Crippen molar-refractivity contribution in [3.05, 3.63) is 24.3 Å². The zero-order chi connectivity index (χ0) is 21.2. The summed E-state index contributed by atoms with van der Waals surface area (Å²) in [7, 11) is 1.73. The molecule has 0 atom stereocenters. The van der Waals surface area contributed by atoms with Gasteiger partial charge in [0, 0.05) is 58.8 Å². The summed E-state index contributed by atoms with van der Waals surface area (Å²) in [6, 6.07) is 8.21. The number of aliphatic imine (C=N–C) groups is 1. The van der Waals surface area contributed by atoms with Gasteiger partial charge in [0.2, 0.25) is 5.91 Å². The van der Waals surface area contributed by atoms with Crippen molar-refractivity contribution < 1.29 is 9.53 Å². The molecule has 2 aliphatic heterocycles. The van der Waals surface area contributed by atoms with Crippen LogP contribution in [0.1, 0.15) is 39.0 Å². The molecule has 1 N–H and O–H groups in total. The van der Waals surface area contributed by atoms with E-state index in [-0.39, 0.29) is 0 Å². The van der Waals surface area contributed by atoms with E-state index in [1.165, 1.54) is 6.42 Å². The van der Waals surface area contributed by atoms with Crippen molar-refractivity contribution >= 4 is 17.6 Å². The third kappa shape index (κ3) is 6.03. The lowest BCUT2D eigenvalue weighted by Crippen LogP contribution is -2.52. The quantitative estimate of drug-likeness (QED) is 0.421. The number of anilines is 1. The lowest BCUT2D eigenvalue weighted by molar-refractivity contribution is -0.130. The van der Waals surface area contributed by atoms with E-state index < -0.39 is 0 Å². The maximum absolute atomic E-state index is 12.1. The zero-order valence-electron chi connectivity index (χ0n) is 18.6. The molecule has 0 aliphatic carbocycles. The molecule has 0 bridgehead atoms. The van der Waals surface area contributed by atoms with Gasteiger partial charge in [-0.25, -0.2) is 0 Å². The summed E-state index contributed by atoms with van der Waals surface area (Å²) in [5, 5.41) is 3.44. The van der Waals surface area contributed by atoms with Crippen LogP contribution in [0.15, 0.2) is 29.3 Å². The summed E-state index contributed by atoms with van der Waals surface area (Å²) < 4.78 is 5.52. The number of carbonyl (C=O) groups is 1. The van der Waals surface area contributed by atoms with Crippen LogP contribution in [0.4, 0.5) is 5.69 Å². The van der Waals surface area contributed by atoms with Crippen LogP contribution < -0.4 is 15.0 Å². The van der Waals surface area contributed by atoms with E-state index >= 15 is 0 Å².